The lowest BCUT2D eigenvalue weighted by Crippen LogP contribution is -2.54. The zero-order valence-corrected chi connectivity index (χ0v) is 26.1. The van der Waals surface area contributed by atoms with Crippen molar-refractivity contribution in [1.82, 2.24) is 25.7 Å². The Morgan fingerprint density at radius 3 is 2.16 bits per heavy atom. The third-order valence-corrected chi connectivity index (χ3v) is 10.3. The van der Waals surface area contributed by atoms with Crippen molar-refractivity contribution in [1.29, 1.82) is 0 Å². The molecular formula is C34H46N6O4. The van der Waals surface area contributed by atoms with Crippen molar-refractivity contribution >= 4 is 29.3 Å². The minimum absolute atomic E-state index is 0.0251. The van der Waals surface area contributed by atoms with Gasteiger partial charge in [-0.2, -0.15) is 5.10 Å². The number of hydrogen-bond donors (Lipinski definition) is 4. The number of hydrogen-bond acceptors (Lipinski definition) is 5. The largest absolute Gasteiger partial charge is 0.347 e. The van der Waals surface area contributed by atoms with Crippen molar-refractivity contribution < 1.29 is 19.2 Å². The number of anilines is 1. The normalized spacial score (nSPS) is 21.2. The summed E-state index contributed by atoms with van der Waals surface area (Å²) in [6.45, 7) is 5.41. The standard InChI is InChI=1S/C34H46N6O4/c1-19(2)40-28(16-17-35-40)32(42)39-31(29(21-6-4-7-21)22-8-5-9-22)34(44)37-25-13-14-26-24(18-25)12-15-27(26)38-33(43)30(23-10-11-23)36-20(3)41/h13-14,16-19,21-23,27,29-31H,4-12,15H2,1-3H3,(H,36,41)(H,37,44)(H,38,43)(H,39,42)/t27-,30-,31+/m1/s1. The second kappa shape index (κ2) is 12.7. The average molecular weight is 603 g/mol. The second-order valence-corrected chi connectivity index (χ2v) is 13.7. The minimum Gasteiger partial charge on any atom is -0.347 e. The second-order valence-electron chi connectivity index (χ2n) is 13.7. The summed E-state index contributed by atoms with van der Waals surface area (Å²) < 4.78 is 1.70. The minimum atomic E-state index is -0.637. The van der Waals surface area contributed by atoms with Crippen molar-refractivity contribution in [2.75, 3.05) is 5.32 Å². The molecule has 1 aromatic heterocycles. The lowest BCUT2D eigenvalue weighted by atomic mass is 9.62. The van der Waals surface area contributed by atoms with E-state index in [9.17, 15) is 19.2 Å². The first-order chi connectivity index (χ1) is 21.2. The van der Waals surface area contributed by atoms with Crippen LogP contribution in [0.25, 0.3) is 0 Å². The maximum absolute atomic E-state index is 14.1. The fourth-order valence-corrected chi connectivity index (χ4v) is 7.41. The van der Waals surface area contributed by atoms with Gasteiger partial charge in [-0.15, -0.1) is 0 Å². The lowest BCUT2D eigenvalue weighted by molar-refractivity contribution is -0.129. The Bertz CT molecular complexity index is 1390. The van der Waals surface area contributed by atoms with Crippen LogP contribution in [0.5, 0.6) is 0 Å². The van der Waals surface area contributed by atoms with E-state index in [0.29, 0.717) is 23.2 Å². The van der Waals surface area contributed by atoms with Crippen molar-refractivity contribution in [2.45, 2.75) is 109 Å². The monoisotopic (exact) mass is 602 g/mol. The van der Waals surface area contributed by atoms with Crippen molar-refractivity contribution in [3.05, 3.63) is 47.3 Å². The molecule has 10 nitrogen and oxygen atoms in total. The molecule has 3 saturated carbocycles. The van der Waals surface area contributed by atoms with E-state index < -0.39 is 12.1 Å². The van der Waals surface area contributed by atoms with Crippen molar-refractivity contribution in [2.24, 2.45) is 23.7 Å². The summed E-state index contributed by atoms with van der Waals surface area (Å²) in [7, 11) is 0. The van der Waals surface area contributed by atoms with Gasteiger partial charge < -0.3 is 21.3 Å². The van der Waals surface area contributed by atoms with Crippen LogP contribution in [0, 0.1) is 23.7 Å². The highest BCUT2D eigenvalue weighted by molar-refractivity contribution is 6.01. The zero-order chi connectivity index (χ0) is 31.0. The SMILES string of the molecule is CC(=O)N[C@@H](C(=O)N[C@@H]1CCc2cc(NC(=O)[C@@H](NC(=O)c3ccnn3C(C)C)C(C3CCC3)C3CCC3)ccc21)C1CC1. The molecule has 10 heteroatoms. The number of aromatic nitrogens is 2. The number of aryl methyl sites for hydroxylation is 1. The summed E-state index contributed by atoms with van der Waals surface area (Å²) >= 11 is 0. The molecule has 0 bridgehead atoms. The summed E-state index contributed by atoms with van der Waals surface area (Å²) in [4.78, 5) is 52.4. The van der Waals surface area contributed by atoms with E-state index in [4.69, 9.17) is 0 Å². The number of carbonyl (C=O) groups is 4. The van der Waals surface area contributed by atoms with E-state index in [1.54, 1.807) is 16.9 Å². The Morgan fingerprint density at radius 2 is 1.57 bits per heavy atom. The van der Waals surface area contributed by atoms with Crippen LogP contribution in [-0.4, -0.2) is 45.5 Å². The van der Waals surface area contributed by atoms with Crippen LogP contribution in [-0.2, 0) is 20.8 Å². The molecule has 3 atom stereocenters. The predicted octanol–water partition coefficient (Wildman–Crippen LogP) is 4.44. The van der Waals surface area contributed by atoms with E-state index >= 15 is 0 Å². The van der Waals surface area contributed by atoms with Gasteiger partial charge in [-0.05, 0) is 92.5 Å². The Labute approximate surface area is 259 Å². The Hall–Kier alpha value is -3.69. The summed E-state index contributed by atoms with van der Waals surface area (Å²) in [5, 5.41) is 16.6. The fourth-order valence-electron chi connectivity index (χ4n) is 7.41. The third kappa shape index (κ3) is 6.40. The van der Waals surface area contributed by atoms with Crippen LogP contribution >= 0.6 is 0 Å². The van der Waals surface area contributed by atoms with Gasteiger partial charge in [-0.3, -0.25) is 23.9 Å². The van der Waals surface area contributed by atoms with Crippen LogP contribution < -0.4 is 21.3 Å². The molecule has 0 radical (unpaired) electrons. The van der Waals surface area contributed by atoms with E-state index in [0.717, 1.165) is 62.5 Å². The average Bonchev–Trinajstić information content (AvgIpc) is 3.49. The molecule has 236 valence electrons. The molecule has 44 heavy (non-hydrogen) atoms. The Balaban J connectivity index is 1.18. The Kier molecular flexibility index (Phi) is 8.78. The molecular weight excluding hydrogens is 556 g/mol. The maximum atomic E-state index is 14.1. The molecule has 1 heterocycles. The fraction of sp³-hybridized carbons (Fsp3) is 0.618. The highest BCUT2D eigenvalue weighted by atomic mass is 16.2. The smallest absolute Gasteiger partial charge is 0.270 e. The van der Waals surface area contributed by atoms with Gasteiger partial charge in [0, 0.05) is 24.8 Å². The van der Waals surface area contributed by atoms with E-state index in [1.807, 2.05) is 32.0 Å². The first-order valence-electron chi connectivity index (χ1n) is 16.5. The van der Waals surface area contributed by atoms with Gasteiger partial charge >= 0.3 is 0 Å². The molecule has 4 amide bonds. The van der Waals surface area contributed by atoms with Gasteiger partial charge in [0.2, 0.25) is 17.7 Å². The van der Waals surface area contributed by atoms with E-state index in [1.165, 1.54) is 19.8 Å². The maximum Gasteiger partial charge on any atom is 0.270 e. The van der Waals surface area contributed by atoms with E-state index in [2.05, 4.69) is 26.4 Å². The third-order valence-electron chi connectivity index (χ3n) is 10.3. The molecule has 6 rings (SSSR count). The van der Waals surface area contributed by atoms with Crippen LogP contribution in [0.1, 0.15) is 112 Å². The van der Waals surface area contributed by atoms with Crippen molar-refractivity contribution in [3.8, 4) is 0 Å². The number of benzene rings is 1. The molecule has 0 aliphatic heterocycles. The molecule has 0 unspecified atom stereocenters. The molecule has 3 fully saturated rings. The summed E-state index contributed by atoms with van der Waals surface area (Å²) in [6.07, 6.45) is 11.8. The molecule has 0 saturated heterocycles. The van der Waals surface area contributed by atoms with Crippen LogP contribution in [0.2, 0.25) is 0 Å². The number of fused-ring (bicyclic) bond motifs is 1. The van der Waals surface area contributed by atoms with Gasteiger partial charge in [0.05, 0.1) is 6.04 Å². The topological polar surface area (TPSA) is 134 Å². The molecule has 2 aromatic rings. The number of nitrogens with one attached hydrogen (secondary N) is 4. The number of rotatable bonds is 12. The summed E-state index contributed by atoms with van der Waals surface area (Å²) in [5.41, 5.74) is 3.29. The molecule has 1 aromatic carbocycles. The van der Waals surface area contributed by atoms with Gasteiger partial charge in [-0.25, -0.2) is 0 Å². The molecule has 4 aliphatic rings. The molecule has 0 spiro atoms. The first-order valence-corrected chi connectivity index (χ1v) is 16.5. The quantitative estimate of drug-likeness (QED) is 0.285. The summed E-state index contributed by atoms with van der Waals surface area (Å²) in [5.74, 6) is 0.420. The van der Waals surface area contributed by atoms with E-state index in [-0.39, 0.29) is 47.5 Å². The van der Waals surface area contributed by atoms with Gasteiger partial charge in [-0.1, -0.05) is 44.6 Å². The highest BCUT2D eigenvalue weighted by Crippen LogP contribution is 2.46. The van der Waals surface area contributed by atoms with Gasteiger partial charge in [0.25, 0.3) is 5.91 Å². The number of carbonyl (C=O) groups excluding carboxylic acids is 4. The predicted molar refractivity (Wildman–Crippen MR) is 167 cm³/mol. The number of nitrogens with zero attached hydrogens (tertiary/aromatic N) is 2. The zero-order valence-electron chi connectivity index (χ0n) is 26.1. The summed E-state index contributed by atoms with van der Waals surface area (Å²) in [6, 6.07) is 6.36. The van der Waals surface area contributed by atoms with Crippen LogP contribution in [0.3, 0.4) is 0 Å². The van der Waals surface area contributed by atoms with Gasteiger partial charge in [0.15, 0.2) is 0 Å². The van der Waals surface area contributed by atoms with Crippen molar-refractivity contribution in [3.63, 3.8) is 0 Å². The highest BCUT2D eigenvalue weighted by Gasteiger charge is 2.44. The Morgan fingerprint density at radius 1 is 0.864 bits per heavy atom. The lowest BCUT2D eigenvalue weighted by Gasteiger charge is -2.46. The molecule has 4 aliphatic carbocycles. The van der Waals surface area contributed by atoms with Gasteiger partial charge in [0.1, 0.15) is 17.8 Å². The first kappa shape index (κ1) is 30.3. The molecule has 4 N–H and O–H groups in total. The van der Waals surface area contributed by atoms with Crippen LogP contribution in [0.4, 0.5) is 5.69 Å². The number of amides is 4. The van der Waals surface area contributed by atoms with Crippen LogP contribution in [0.15, 0.2) is 30.5 Å².